The fraction of sp³-hybridized carbons (Fsp3) is 0.150. The molecular weight excluding hydrogens is 398 g/mol. The van der Waals surface area contributed by atoms with Gasteiger partial charge in [0.2, 0.25) is 0 Å². The molecule has 0 atom stereocenters. The van der Waals surface area contributed by atoms with E-state index in [9.17, 15) is 9.59 Å². The first kappa shape index (κ1) is 19.9. The molecular formula is C20H17NO5S2. The Balaban J connectivity index is 1.86. The molecule has 0 spiro atoms. The summed E-state index contributed by atoms with van der Waals surface area (Å²) in [4.78, 5) is 25.5. The molecule has 2 aromatic carbocycles. The van der Waals surface area contributed by atoms with Crippen LogP contribution in [0.15, 0.2) is 53.4 Å². The molecule has 6 nitrogen and oxygen atoms in total. The van der Waals surface area contributed by atoms with E-state index in [4.69, 9.17) is 26.8 Å². The van der Waals surface area contributed by atoms with E-state index < -0.39 is 12.6 Å². The Morgan fingerprint density at radius 1 is 1.21 bits per heavy atom. The van der Waals surface area contributed by atoms with E-state index in [0.29, 0.717) is 38.6 Å². The molecule has 3 rings (SSSR count). The summed E-state index contributed by atoms with van der Waals surface area (Å²) in [5.41, 5.74) is 1.32. The highest BCUT2D eigenvalue weighted by Crippen LogP contribution is 2.40. The van der Waals surface area contributed by atoms with Crippen LogP contribution in [0.1, 0.15) is 12.5 Å². The monoisotopic (exact) mass is 415 g/mol. The number of carbonyl (C=O) groups is 2. The summed E-state index contributed by atoms with van der Waals surface area (Å²) in [6, 6.07) is 14.1. The first-order valence-corrected chi connectivity index (χ1v) is 9.66. The molecule has 1 aliphatic rings. The van der Waals surface area contributed by atoms with E-state index in [0.717, 1.165) is 0 Å². The molecule has 0 radical (unpaired) electrons. The number of hydrogen-bond acceptors (Lipinski definition) is 6. The van der Waals surface area contributed by atoms with Gasteiger partial charge in [-0.25, -0.2) is 4.79 Å². The van der Waals surface area contributed by atoms with Crippen molar-refractivity contribution in [2.45, 2.75) is 6.92 Å². The van der Waals surface area contributed by atoms with Crippen molar-refractivity contribution in [2.24, 2.45) is 0 Å². The number of amides is 1. The number of aliphatic carboxylic acids is 1. The first-order chi connectivity index (χ1) is 13.5. The minimum absolute atomic E-state index is 0.237. The van der Waals surface area contributed by atoms with Crippen molar-refractivity contribution >= 4 is 51.9 Å². The van der Waals surface area contributed by atoms with E-state index in [1.54, 1.807) is 42.5 Å². The van der Waals surface area contributed by atoms with Crippen molar-refractivity contribution in [2.75, 3.05) is 18.1 Å². The second-order valence-electron chi connectivity index (χ2n) is 5.67. The number of rotatable bonds is 7. The standard InChI is InChI=1S/C20H17NO5S2/c1-2-25-16-9-4-3-8-15(16)21-19(24)17(28-20(21)27)11-13-6-5-7-14(10-13)26-12-18(22)23/h3-11H,2,12H2,1H3,(H,22,23)/b17-11+. The van der Waals surface area contributed by atoms with Gasteiger partial charge in [-0.15, -0.1) is 0 Å². The van der Waals surface area contributed by atoms with Crippen LogP contribution in [0.3, 0.4) is 0 Å². The minimum atomic E-state index is -1.06. The molecule has 2 aromatic rings. The number of carboxylic acid groups (broad SMARTS) is 1. The van der Waals surface area contributed by atoms with Crippen molar-refractivity contribution in [3.63, 3.8) is 0 Å². The summed E-state index contributed by atoms with van der Waals surface area (Å²) < 4.78 is 11.2. The highest BCUT2D eigenvalue weighted by atomic mass is 32.2. The number of para-hydroxylation sites is 2. The van der Waals surface area contributed by atoms with Crippen LogP contribution in [-0.2, 0) is 9.59 Å². The Labute approximate surface area is 171 Å². The Morgan fingerprint density at radius 2 is 2.00 bits per heavy atom. The molecule has 1 heterocycles. The second kappa shape index (κ2) is 8.90. The molecule has 1 aliphatic heterocycles. The summed E-state index contributed by atoms with van der Waals surface area (Å²) in [5.74, 6) is -0.293. The zero-order valence-corrected chi connectivity index (χ0v) is 16.6. The topological polar surface area (TPSA) is 76.1 Å². The molecule has 144 valence electrons. The van der Waals surface area contributed by atoms with Crippen LogP contribution in [0, 0.1) is 0 Å². The number of carboxylic acids is 1. The van der Waals surface area contributed by atoms with Crippen molar-refractivity contribution in [1.29, 1.82) is 0 Å². The molecule has 28 heavy (non-hydrogen) atoms. The fourth-order valence-corrected chi connectivity index (χ4v) is 3.87. The number of carbonyl (C=O) groups excluding carboxylic acids is 1. The second-order valence-corrected chi connectivity index (χ2v) is 7.35. The largest absolute Gasteiger partial charge is 0.492 e. The molecule has 1 saturated heterocycles. The normalized spacial score (nSPS) is 15.2. The number of thioether (sulfide) groups is 1. The van der Waals surface area contributed by atoms with E-state index >= 15 is 0 Å². The third kappa shape index (κ3) is 4.52. The van der Waals surface area contributed by atoms with E-state index in [1.165, 1.54) is 16.7 Å². The van der Waals surface area contributed by atoms with Gasteiger partial charge in [0, 0.05) is 0 Å². The summed E-state index contributed by atoms with van der Waals surface area (Å²) in [5, 5.41) is 8.72. The maximum absolute atomic E-state index is 13.0. The summed E-state index contributed by atoms with van der Waals surface area (Å²) in [6.07, 6.45) is 1.70. The lowest BCUT2D eigenvalue weighted by Crippen LogP contribution is -2.28. The van der Waals surface area contributed by atoms with Crippen molar-refractivity contribution in [1.82, 2.24) is 0 Å². The van der Waals surface area contributed by atoms with E-state index in [1.807, 2.05) is 19.1 Å². The summed E-state index contributed by atoms with van der Waals surface area (Å²) in [6.45, 7) is 1.92. The van der Waals surface area contributed by atoms with Gasteiger partial charge in [-0.05, 0) is 42.8 Å². The Kier molecular flexibility index (Phi) is 6.33. The molecule has 0 bridgehead atoms. The summed E-state index contributed by atoms with van der Waals surface area (Å²) >= 11 is 6.62. The lowest BCUT2D eigenvalue weighted by molar-refractivity contribution is -0.139. The van der Waals surface area contributed by atoms with Crippen LogP contribution in [0.4, 0.5) is 5.69 Å². The third-order valence-corrected chi connectivity index (χ3v) is 5.02. The molecule has 1 N–H and O–H groups in total. The highest BCUT2D eigenvalue weighted by Gasteiger charge is 2.34. The lowest BCUT2D eigenvalue weighted by Gasteiger charge is -2.18. The maximum Gasteiger partial charge on any atom is 0.341 e. The van der Waals surface area contributed by atoms with E-state index in [-0.39, 0.29) is 5.91 Å². The predicted molar refractivity (Wildman–Crippen MR) is 113 cm³/mol. The zero-order chi connectivity index (χ0) is 20.1. The number of nitrogens with zero attached hydrogens (tertiary/aromatic N) is 1. The smallest absolute Gasteiger partial charge is 0.341 e. The molecule has 0 unspecified atom stereocenters. The molecule has 1 fully saturated rings. The molecule has 1 amide bonds. The van der Waals surface area contributed by atoms with Gasteiger partial charge in [0.25, 0.3) is 5.91 Å². The lowest BCUT2D eigenvalue weighted by atomic mass is 10.2. The van der Waals surface area contributed by atoms with Crippen LogP contribution < -0.4 is 14.4 Å². The van der Waals surface area contributed by atoms with Gasteiger partial charge in [-0.1, -0.05) is 48.2 Å². The number of benzene rings is 2. The van der Waals surface area contributed by atoms with Crippen LogP contribution >= 0.6 is 24.0 Å². The predicted octanol–water partition coefficient (Wildman–Crippen LogP) is 3.95. The number of thiocarbonyl (C=S) groups is 1. The van der Waals surface area contributed by atoms with Crippen LogP contribution in [0.25, 0.3) is 6.08 Å². The molecule has 0 aromatic heterocycles. The van der Waals surface area contributed by atoms with Crippen LogP contribution in [0.2, 0.25) is 0 Å². The summed E-state index contributed by atoms with van der Waals surface area (Å²) in [7, 11) is 0. The zero-order valence-electron chi connectivity index (χ0n) is 15.0. The average molecular weight is 415 g/mol. The Hall–Kier alpha value is -2.84. The van der Waals surface area contributed by atoms with Crippen LogP contribution in [-0.4, -0.2) is 34.5 Å². The Morgan fingerprint density at radius 3 is 2.75 bits per heavy atom. The maximum atomic E-state index is 13.0. The highest BCUT2D eigenvalue weighted by molar-refractivity contribution is 8.27. The van der Waals surface area contributed by atoms with Crippen molar-refractivity contribution in [3.05, 3.63) is 59.0 Å². The molecule has 0 saturated carbocycles. The average Bonchev–Trinajstić information content (AvgIpc) is 2.94. The Bertz CT molecular complexity index is 957. The van der Waals surface area contributed by atoms with Gasteiger partial charge in [-0.3, -0.25) is 9.69 Å². The number of ether oxygens (including phenoxy) is 2. The fourth-order valence-electron chi connectivity index (χ4n) is 2.59. The van der Waals surface area contributed by atoms with Gasteiger partial charge in [0.05, 0.1) is 17.2 Å². The van der Waals surface area contributed by atoms with Gasteiger partial charge in [0.1, 0.15) is 11.5 Å². The quantitative estimate of drug-likeness (QED) is 0.542. The van der Waals surface area contributed by atoms with Gasteiger partial charge >= 0.3 is 5.97 Å². The van der Waals surface area contributed by atoms with Crippen molar-refractivity contribution in [3.8, 4) is 11.5 Å². The van der Waals surface area contributed by atoms with Crippen LogP contribution in [0.5, 0.6) is 11.5 Å². The van der Waals surface area contributed by atoms with Gasteiger partial charge in [-0.2, -0.15) is 0 Å². The minimum Gasteiger partial charge on any atom is -0.492 e. The number of anilines is 1. The molecule has 8 heteroatoms. The van der Waals surface area contributed by atoms with Gasteiger partial charge < -0.3 is 14.6 Å². The number of hydrogen-bond donors (Lipinski definition) is 1. The van der Waals surface area contributed by atoms with Crippen molar-refractivity contribution < 1.29 is 24.2 Å². The van der Waals surface area contributed by atoms with E-state index in [2.05, 4.69) is 0 Å². The SMILES string of the molecule is CCOc1ccccc1N1C(=O)/C(=C\c2cccc(OCC(=O)O)c2)SC1=S. The first-order valence-electron chi connectivity index (χ1n) is 8.44. The third-order valence-electron chi connectivity index (χ3n) is 3.72. The van der Waals surface area contributed by atoms with Gasteiger partial charge in [0.15, 0.2) is 10.9 Å². The molecule has 0 aliphatic carbocycles.